The highest BCUT2D eigenvalue weighted by atomic mass is 15.5. The molecular weight excluding hydrogens is 282 g/mol. The third-order valence-electron chi connectivity index (χ3n) is 5.04. The van der Waals surface area contributed by atoms with Crippen LogP contribution in [0.2, 0.25) is 0 Å². The summed E-state index contributed by atoms with van der Waals surface area (Å²) in [6, 6.07) is 21.5. The topological polar surface area (TPSA) is 22.6 Å². The summed E-state index contributed by atoms with van der Waals surface area (Å²) in [6.45, 7) is 2.16. The molecule has 0 unspecified atom stereocenters. The highest BCUT2D eigenvalue weighted by Gasteiger charge is 2.30. The number of aromatic nitrogens is 3. The number of rotatable bonds is 0. The van der Waals surface area contributed by atoms with E-state index in [1.54, 1.807) is 0 Å². The van der Waals surface area contributed by atoms with Gasteiger partial charge in [0.15, 0.2) is 0 Å². The van der Waals surface area contributed by atoms with Gasteiger partial charge in [-0.25, -0.2) is 4.52 Å². The van der Waals surface area contributed by atoms with Crippen LogP contribution in [0.4, 0.5) is 0 Å². The molecule has 0 atom stereocenters. The van der Waals surface area contributed by atoms with Crippen LogP contribution in [0.25, 0.3) is 44.2 Å². The van der Waals surface area contributed by atoms with Crippen LogP contribution in [0.1, 0.15) is 5.69 Å². The van der Waals surface area contributed by atoms with E-state index in [1.165, 1.54) is 38.9 Å². The highest BCUT2D eigenvalue weighted by molar-refractivity contribution is 6.15. The number of benzene rings is 3. The fourth-order valence-electron chi connectivity index (χ4n) is 4.11. The molecule has 0 radical (unpaired) electrons. The van der Waals surface area contributed by atoms with Gasteiger partial charge in [0.05, 0.1) is 5.56 Å². The maximum atomic E-state index is 4.79. The van der Waals surface area contributed by atoms with E-state index in [0.717, 1.165) is 11.0 Å². The van der Waals surface area contributed by atoms with Gasteiger partial charge in [0.2, 0.25) is 5.69 Å². The molecule has 3 nitrogen and oxygen atoms in total. The van der Waals surface area contributed by atoms with Gasteiger partial charge < -0.3 is 0 Å². The second-order valence-corrected chi connectivity index (χ2v) is 6.21. The summed E-state index contributed by atoms with van der Waals surface area (Å²) in [7, 11) is 0. The van der Waals surface area contributed by atoms with Gasteiger partial charge in [-0.1, -0.05) is 60.7 Å². The quantitative estimate of drug-likeness (QED) is 0.391. The lowest BCUT2D eigenvalue weighted by molar-refractivity contribution is -0.678. The zero-order valence-electron chi connectivity index (χ0n) is 12.6. The van der Waals surface area contributed by atoms with Crippen molar-refractivity contribution in [2.75, 3.05) is 0 Å². The molecule has 2 aromatic heterocycles. The minimum atomic E-state index is 1.03. The Bertz CT molecular complexity index is 1270. The summed E-state index contributed by atoms with van der Waals surface area (Å²) < 4.78 is 4.30. The Morgan fingerprint density at radius 3 is 2.52 bits per heavy atom. The lowest BCUT2D eigenvalue weighted by Crippen LogP contribution is -2.32. The maximum absolute atomic E-state index is 4.79. The van der Waals surface area contributed by atoms with Crippen molar-refractivity contribution < 1.29 is 4.63 Å². The average Bonchev–Trinajstić information content (AvgIpc) is 3.20. The van der Waals surface area contributed by atoms with E-state index < -0.39 is 0 Å². The van der Waals surface area contributed by atoms with E-state index >= 15 is 0 Å². The molecule has 0 saturated carbocycles. The van der Waals surface area contributed by atoms with Crippen LogP contribution in [-0.4, -0.2) is 4.52 Å². The van der Waals surface area contributed by atoms with Crippen LogP contribution in [0.3, 0.4) is 0 Å². The molecule has 0 saturated heterocycles. The molecule has 108 valence electrons. The molecule has 5 aromatic rings. The predicted octanol–water partition coefficient (Wildman–Crippen LogP) is 3.74. The van der Waals surface area contributed by atoms with Crippen LogP contribution < -0.4 is 9.73 Å². The van der Waals surface area contributed by atoms with E-state index in [-0.39, 0.29) is 0 Å². The Balaban J connectivity index is 1.94. The molecule has 1 aliphatic carbocycles. The molecule has 1 aliphatic rings. The Hall–Kier alpha value is -3.07. The molecule has 0 bridgehead atoms. The predicted molar refractivity (Wildman–Crippen MR) is 90.6 cm³/mol. The van der Waals surface area contributed by atoms with Crippen molar-refractivity contribution in [1.29, 1.82) is 0 Å². The van der Waals surface area contributed by atoms with Crippen LogP contribution in [0.15, 0.2) is 60.7 Å². The van der Waals surface area contributed by atoms with E-state index in [9.17, 15) is 0 Å². The Kier molecular flexibility index (Phi) is 1.81. The number of hydrogen-bond acceptors (Lipinski definition) is 0. The lowest BCUT2D eigenvalue weighted by atomic mass is 10.0. The van der Waals surface area contributed by atoms with Gasteiger partial charge >= 0.3 is 0 Å². The normalized spacial score (nSPS) is 12.6. The fourth-order valence-corrected chi connectivity index (χ4v) is 4.11. The Morgan fingerprint density at radius 2 is 1.65 bits per heavy atom. The van der Waals surface area contributed by atoms with Crippen LogP contribution >= 0.6 is 0 Å². The summed E-state index contributed by atoms with van der Waals surface area (Å²) in [6.07, 6.45) is 0. The van der Waals surface area contributed by atoms with Crippen molar-refractivity contribution in [3.8, 4) is 22.4 Å². The Morgan fingerprint density at radius 1 is 0.870 bits per heavy atom. The van der Waals surface area contributed by atoms with Gasteiger partial charge in [0, 0.05) is 23.7 Å². The van der Waals surface area contributed by atoms with Crippen LogP contribution in [-0.2, 0) is 0 Å². The third-order valence-corrected chi connectivity index (χ3v) is 5.04. The standard InChI is InChI=1S/C20H13N3/c1-12-18-14-8-4-6-13-7-5-9-15(19(13)14)20(18)22-17-11-3-2-10-16(17)21-23(12)22/h2-11H,1H3. The first-order valence-electron chi connectivity index (χ1n) is 7.86. The minimum Gasteiger partial charge on any atom is -0.217 e. The zero-order chi connectivity index (χ0) is 15.1. The number of nitrogens with zero attached hydrogens (tertiary/aromatic N) is 3. The van der Waals surface area contributed by atoms with Gasteiger partial charge in [-0.2, -0.15) is 5.10 Å². The minimum absolute atomic E-state index is 1.03. The molecule has 23 heavy (non-hydrogen) atoms. The molecule has 0 fully saturated rings. The summed E-state index contributed by atoms with van der Waals surface area (Å²) in [5.74, 6) is 0. The molecule has 0 amide bonds. The molecule has 0 N–H and O–H groups in total. The highest BCUT2D eigenvalue weighted by Crippen LogP contribution is 2.48. The van der Waals surface area contributed by atoms with Crippen molar-refractivity contribution >= 4 is 21.8 Å². The molecular formula is C20H13N3. The first kappa shape index (κ1) is 11.5. The van der Waals surface area contributed by atoms with Gasteiger partial charge in [0.1, 0.15) is 0 Å². The average molecular weight is 295 g/mol. The van der Waals surface area contributed by atoms with E-state index in [1.807, 2.05) is 10.7 Å². The second kappa shape index (κ2) is 3.63. The number of para-hydroxylation sites is 1. The van der Waals surface area contributed by atoms with Crippen LogP contribution in [0.5, 0.6) is 0 Å². The fraction of sp³-hybridized carbons (Fsp3) is 0.0500. The molecule has 2 heterocycles. The van der Waals surface area contributed by atoms with Crippen molar-refractivity contribution in [2.45, 2.75) is 6.92 Å². The van der Waals surface area contributed by atoms with Crippen molar-refractivity contribution in [2.24, 2.45) is 0 Å². The molecule has 0 spiro atoms. The zero-order valence-corrected chi connectivity index (χ0v) is 12.6. The molecule has 3 aromatic carbocycles. The summed E-state index contributed by atoms with van der Waals surface area (Å²) in [4.78, 5) is 0. The second-order valence-electron chi connectivity index (χ2n) is 6.21. The third kappa shape index (κ3) is 1.18. The van der Waals surface area contributed by atoms with Gasteiger partial charge in [-0.05, 0) is 21.9 Å². The van der Waals surface area contributed by atoms with E-state index in [2.05, 4.69) is 66.0 Å². The van der Waals surface area contributed by atoms with Crippen molar-refractivity contribution in [3.05, 3.63) is 66.4 Å². The maximum Gasteiger partial charge on any atom is 0.207 e. The molecule has 3 heteroatoms. The first-order chi connectivity index (χ1) is 11.3. The smallest absolute Gasteiger partial charge is 0.207 e. The van der Waals surface area contributed by atoms with E-state index in [4.69, 9.17) is 5.10 Å². The summed E-state index contributed by atoms with van der Waals surface area (Å²) in [5.41, 5.74) is 8.59. The van der Waals surface area contributed by atoms with E-state index in [0.29, 0.717) is 0 Å². The lowest BCUT2D eigenvalue weighted by Gasteiger charge is -2.03. The summed E-state index contributed by atoms with van der Waals surface area (Å²) >= 11 is 0. The number of hydrogen-bond donors (Lipinski definition) is 0. The van der Waals surface area contributed by atoms with Gasteiger partial charge in [0.25, 0.3) is 0 Å². The largest absolute Gasteiger partial charge is 0.217 e. The first-order valence-corrected chi connectivity index (χ1v) is 7.86. The molecule has 6 rings (SSSR count). The van der Waals surface area contributed by atoms with Gasteiger partial charge in [-0.15, -0.1) is 4.63 Å². The monoisotopic (exact) mass is 295 g/mol. The van der Waals surface area contributed by atoms with Crippen LogP contribution in [0, 0.1) is 6.92 Å². The number of fused-ring (bicyclic) bond motifs is 7. The Labute approximate surface area is 132 Å². The van der Waals surface area contributed by atoms with Crippen molar-refractivity contribution in [3.63, 3.8) is 0 Å². The molecule has 0 aliphatic heterocycles. The van der Waals surface area contributed by atoms with Gasteiger partial charge in [-0.3, -0.25) is 0 Å². The SMILES string of the molecule is Cc1c2c(n3c4ccccc4[n-][n+]13)-c1cccc3cccc-2c13. The number of aryl methyl sites for hydroxylation is 1. The summed E-state index contributed by atoms with van der Waals surface area (Å²) in [5, 5.41) is 7.46. The van der Waals surface area contributed by atoms with Crippen molar-refractivity contribution in [1.82, 2.24) is 9.61 Å².